The minimum absolute atomic E-state index is 0.0190. The highest BCUT2D eigenvalue weighted by atomic mass is 19.4. The van der Waals surface area contributed by atoms with Crippen LogP contribution in [0, 0.1) is 5.82 Å². The lowest BCUT2D eigenvalue weighted by atomic mass is 10.1. The Labute approximate surface area is 156 Å². The topological polar surface area (TPSA) is 69.0 Å². The van der Waals surface area contributed by atoms with E-state index in [4.69, 9.17) is 4.74 Å². The van der Waals surface area contributed by atoms with Gasteiger partial charge in [0.05, 0.1) is 31.0 Å². The van der Waals surface area contributed by atoms with Crippen molar-refractivity contribution < 1.29 is 27.1 Å². The molecule has 1 aromatic carbocycles. The quantitative estimate of drug-likeness (QED) is 0.670. The molecule has 0 saturated carbocycles. The molecule has 2 aromatic heterocycles. The van der Waals surface area contributed by atoms with Gasteiger partial charge in [0.2, 0.25) is 0 Å². The summed E-state index contributed by atoms with van der Waals surface area (Å²) in [4.78, 5) is 15.6. The van der Waals surface area contributed by atoms with Crippen molar-refractivity contribution in [1.29, 1.82) is 0 Å². The van der Waals surface area contributed by atoms with Crippen molar-refractivity contribution >= 4 is 11.7 Å². The fourth-order valence-electron chi connectivity index (χ4n) is 2.52. The van der Waals surface area contributed by atoms with Crippen molar-refractivity contribution in [3.63, 3.8) is 0 Å². The number of halogens is 4. The molecule has 3 aromatic rings. The van der Waals surface area contributed by atoms with Crippen LogP contribution in [0.4, 0.5) is 23.4 Å². The molecule has 0 atom stereocenters. The summed E-state index contributed by atoms with van der Waals surface area (Å²) in [6.07, 6.45) is -0.995. The number of hydrogen-bond donors (Lipinski definition) is 1. The SMILES string of the molecule is COc1ccc(Cn2ccc(NC(=O)c3ccncc3F)n2)c(C(F)(F)F)c1. The van der Waals surface area contributed by atoms with Crippen LogP contribution in [0.1, 0.15) is 21.5 Å². The molecule has 10 heteroatoms. The second-order valence-electron chi connectivity index (χ2n) is 5.73. The number of methoxy groups -OCH3 is 1. The van der Waals surface area contributed by atoms with Crippen LogP contribution in [-0.4, -0.2) is 27.8 Å². The summed E-state index contributed by atoms with van der Waals surface area (Å²) < 4.78 is 59.5. The van der Waals surface area contributed by atoms with E-state index in [1.165, 1.54) is 48.5 Å². The van der Waals surface area contributed by atoms with Gasteiger partial charge in [0.15, 0.2) is 11.6 Å². The van der Waals surface area contributed by atoms with Crippen LogP contribution in [0.5, 0.6) is 5.75 Å². The van der Waals surface area contributed by atoms with Gasteiger partial charge in [-0.15, -0.1) is 0 Å². The summed E-state index contributed by atoms with van der Waals surface area (Å²) in [5.74, 6) is -1.38. The van der Waals surface area contributed by atoms with Crippen LogP contribution in [0.2, 0.25) is 0 Å². The number of anilines is 1. The number of aromatic nitrogens is 3. The molecule has 146 valence electrons. The van der Waals surface area contributed by atoms with Crippen molar-refractivity contribution in [3.05, 3.63) is 71.4 Å². The number of amides is 1. The van der Waals surface area contributed by atoms with E-state index in [0.717, 1.165) is 12.3 Å². The molecule has 28 heavy (non-hydrogen) atoms. The number of carbonyl (C=O) groups excluding carboxylic acids is 1. The van der Waals surface area contributed by atoms with Crippen LogP contribution in [0.3, 0.4) is 0 Å². The number of nitrogens with one attached hydrogen (secondary N) is 1. The first-order chi connectivity index (χ1) is 13.3. The molecule has 1 amide bonds. The number of carbonyl (C=O) groups is 1. The molecule has 2 heterocycles. The summed E-state index contributed by atoms with van der Waals surface area (Å²) in [7, 11) is 1.28. The Morgan fingerprint density at radius 3 is 2.71 bits per heavy atom. The minimum atomic E-state index is -4.56. The van der Waals surface area contributed by atoms with E-state index in [-0.39, 0.29) is 29.2 Å². The Morgan fingerprint density at radius 1 is 1.25 bits per heavy atom. The first-order valence-corrected chi connectivity index (χ1v) is 7.96. The van der Waals surface area contributed by atoms with Crippen molar-refractivity contribution in [3.8, 4) is 5.75 Å². The van der Waals surface area contributed by atoms with E-state index >= 15 is 0 Å². The van der Waals surface area contributed by atoms with E-state index in [9.17, 15) is 22.4 Å². The maximum Gasteiger partial charge on any atom is 0.416 e. The Morgan fingerprint density at radius 2 is 2.04 bits per heavy atom. The monoisotopic (exact) mass is 394 g/mol. The normalized spacial score (nSPS) is 11.3. The number of ether oxygens (including phenoxy) is 1. The summed E-state index contributed by atoms with van der Waals surface area (Å²) >= 11 is 0. The maximum atomic E-state index is 13.6. The van der Waals surface area contributed by atoms with Gasteiger partial charge in [-0.05, 0) is 23.8 Å². The zero-order valence-electron chi connectivity index (χ0n) is 14.5. The van der Waals surface area contributed by atoms with Gasteiger partial charge in [-0.2, -0.15) is 18.3 Å². The van der Waals surface area contributed by atoms with Crippen molar-refractivity contribution in [2.75, 3.05) is 12.4 Å². The summed E-state index contributed by atoms with van der Waals surface area (Å²) in [5, 5.41) is 6.40. The minimum Gasteiger partial charge on any atom is -0.497 e. The van der Waals surface area contributed by atoms with Gasteiger partial charge in [-0.1, -0.05) is 6.07 Å². The Bertz CT molecular complexity index is 1000. The fraction of sp³-hybridized carbons (Fsp3) is 0.167. The van der Waals surface area contributed by atoms with Crippen LogP contribution in [0.25, 0.3) is 0 Å². The molecule has 0 saturated heterocycles. The number of alkyl halides is 3. The van der Waals surface area contributed by atoms with Gasteiger partial charge in [-0.3, -0.25) is 14.5 Å². The number of hydrogen-bond acceptors (Lipinski definition) is 4. The Kier molecular flexibility index (Phi) is 5.30. The largest absolute Gasteiger partial charge is 0.497 e. The van der Waals surface area contributed by atoms with Gasteiger partial charge in [-0.25, -0.2) is 4.39 Å². The Hall–Kier alpha value is -3.43. The number of rotatable bonds is 5. The van der Waals surface area contributed by atoms with Crippen LogP contribution in [0.15, 0.2) is 48.9 Å². The molecule has 0 spiro atoms. The lowest BCUT2D eigenvalue weighted by Gasteiger charge is -2.14. The van der Waals surface area contributed by atoms with E-state index < -0.39 is 23.5 Å². The summed E-state index contributed by atoms with van der Waals surface area (Å²) in [5.41, 5.74) is -1.08. The third-order valence-corrected chi connectivity index (χ3v) is 3.85. The Balaban J connectivity index is 1.78. The molecule has 0 aliphatic heterocycles. The summed E-state index contributed by atoms with van der Waals surface area (Å²) in [6.45, 7) is -0.182. The van der Waals surface area contributed by atoms with Crippen LogP contribution >= 0.6 is 0 Å². The zero-order chi connectivity index (χ0) is 20.3. The van der Waals surface area contributed by atoms with E-state index in [1.54, 1.807) is 0 Å². The molecule has 0 unspecified atom stereocenters. The van der Waals surface area contributed by atoms with Crippen molar-refractivity contribution in [1.82, 2.24) is 14.8 Å². The standard InChI is InChI=1S/C18H14F4N4O2/c1-28-12-3-2-11(14(8-12)18(20,21)22)10-26-7-5-16(25-26)24-17(27)13-4-6-23-9-15(13)19/h2-9H,10H2,1H3,(H,24,25,27). The third-order valence-electron chi connectivity index (χ3n) is 3.85. The van der Waals surface area contributed by atoms with Gasteiger partial charge in [0, 0.05) is 18.5 Å². The molecular formula is C18H14F4N4O2. The second-order valence-corrected chi connectivity index (χ2v) is 5.73. The molecule has 0 aliphatic carbocycles. The van der Waals surface area contributed by atoms with Gasteiger partial charge in [0.25, 0.3) is 5.91 Å². The first-order valence-electron chi connectivity index (χ1n) is 7.96. The predicted molar refractivity (Wildman–Crippen MR) is 91.5 cm³/mol. The smallest absolute Gasteiger partial charge is 0.416 e. The molecule has 0 aliphatic rings. The van der Waals surface area contributed by atoms with Crippen LogP contribution in [-0.2, 0) is 12.7 Å². The molecule has 0 bridgehead atoms. The fourth-order valence-corrected chi connectivity index (χ4v) is 2.52. The number of pyridine rings is 1. The predicted octanol–water partition coefficient (Wildman–Crippen LogP) is 3.75. The molecule has 1 N–H and O–H groups in total. The highest BCUT2D eigenvalue weighted by Gasteiger charge is 2.34. The van der Waals surface area contributed by atoms with Crippen molar-refractivity contribution in [2.45, 2.75) is 12.7 Å². The molecule has 0 radical (unpaired) electrons. The van der Waals surface area contributed by atoms with Crippen LogP contribution < -0.4 is 10.1 Å². The van der Waals surface area contributed by atoms with E-state index in [0.29, 0.717) is 0 Å². The first kappa shape index (κ1) is 19.3. The lowest BCUT2D eigenvalue weighted by Crippen LogP contribution is -2.15. The third kappa shape index (κ3) is 4.27. The average molecular weight is 394 g/mol. The highest BCUT2D eigenvalue weighted by molar-refractivity contribution is 6.03. The van der Waals surface area contributed by atoms with E-state index in [2.05, 4.69) is 15.4 Å². The zero-order valence-corrected chi connectivity index (χ0v) is 14.5. The molecule has 0 fully saturated rings. The summed E-state index contributed by atoms with van der Waals surface area (Å²) in [6, 6.07) is 6.23. The van der Waals surface area contributed by atoms with E-state index in [1.807, 2.05) is 0 Å². The van der Waals surface area contributed by atoms with Gasteiger partial charge in [0.1, 0.15) is 5.75 Å². The van der Waals surface area contributed by atoms with Gasteiger partial charge >= 0.3 is 6.18 Å². The second kappa shape index (κ2) is 7.67. The molecule has 6 nitrogen and oxygen atoms in total. The lowest BCUT2D eigenvalue weighted by molar-refractivity contribution is -0.138. The van der Waals surface area contributed by atoms with Crippen molar-refractivity contribution in [2.24, 2.45) is 0 Å². The van der Waals surface area contributed by atoms with Gasteiger partial charge < -0.3 is 10.1 Å². The number of nitrogens with zero attached hydrogens (tertiary/aromatic N) is 3. The molecule has 3 rings (SSSR count). The average Bonchev–Trinajstić information content (AvgIpc) is 3.08. The number of benzene rings is 1. The molecular weight excluding hydrogens is 380 g/mol. The highest BCUT2D eigenvalue weighted by Crippen LogP contribution is 2.34. The maximum absolute atomic E-state index is 13.6.